The first-order valence-corrected chi connectivity index (χ1v) is 2.50. The average Bonchev–Trinajstić information content (AvgIpc) is 0.918. The Labute approximate surface area is 73.0 Å². The van der Waals surface area contributed by atoms with Gasteiger partial charge in [-0.15, -0.1) is 0 Å². The Balaban J connectivity index is -0.0000000200. The maximum absolute atomic E-state index is 8.79. The van der Waals surface area contributed by atoms with E-state index in [1.807, 2.05) is 0 Å². The molecule has 0 atom stereocenters. The third-order valence-corrected chi connectivity index (χ3v) is 0. The van der Waals surface area contributed by atoms with Crippen LogP contribution in [0, 0.1) is 0 Å². The molecule has 0 N–H and O–H groups in total. The van der Waals surface area contributed by atoms with Gasteiger partial charge in [-0.2, -0.15) is 0 Å². The van der Waals surface area contributed by atoms with Crippen LogP contribution in [0.4, 0.5) is 0 Å². The second-order valence-electron chi connectivity index (χ2n) is 0.0645. The van der Waals surface area contributed by atoms with E-state index in [2.05, 4.69) is 15.6 Å². The molecule has 5 heteroatoms. The Morgan fingerprint density at radius 2 is 1.60 bits per heavy atom. The van der Waals surface area contributed by atoms with Crippen LogP contribution < -0.4 is 0 Å². The van der Waals surface area contributed by atoms with Crippen molar-refractivity contribution < 1.29 is 37.2 Å². The summed E-state index contributed by atoms with van der Waals surface area (Å²) in [6.07, 6.45) is 0. The SMILES string of the molecule is O=[P][Fe].[Mn].[NaH]. The molecular formula is HFeMnNaOP. The van der Waals surface area contributed by atoms with E-state index in [0.29, 0.717) is 0 Å². The fourth-order valence-electron chi connectivity index (χ4n) is 0. The zero-order valence-electron chi connectivity index (χ0n) is 1.59. The van der Waals surface area contributed by atoms with Crippen molar-refractivity contribution in [2.45, 2.75) is 0 Å². The normalized spacial score (nSPS) is 4.20. The fraction of sp³-hybridized carbons (Fsp3) is 0. The Morgan fingerprint density at radius 1 is 1.60 bits per heavy atom. The second-order valence-corrected chi connectivity index (χ2v) is 0.798. The van der Waals surface area contributed by atoms with E-state index in [1.54, 1.807) is 0 Å². The first-order chi connectivity index (χ1) is 1.41. The molecule has 0 saturated heterocycles. The van der Waals surface area contributed by atoms with E-state index < -0.39 is 0 Å². The van der Waals surface area contributed by atoms with Crippen molar-refractivity contribution in [3.8, 4) is 0 Å². The molecule has 0 aromatic heterocycles. The maximum atomic E-state index is 8.79. The molecule has 0 spiro atoms. The predicted molar refractivity (Wildman–Crippen MR) is 14.8 cm³/mol. The van der Waals surface area contributed by atoms with Crippen LogP contribution in [0.25, 0.3) is 0 Å². The van der Waals surface area contributed by atoms with Crippen LogP contribution in [0.2, 0.25) is 0 Å². The number of hydrogen-bond donors (Lipinski definition) is 0. The molecule has 0 aromatic carbocycles. The van der Waals surface area contributed by atoms with Gasteiger partial charge in [0.25, 0.3) is 0 Å². The summed E-state index contributed by atoms with van der Waals surface area (Å²) in [5.74, 6) is 0. The van der Waals surface area contributed by atoms with Gasteiger partial charge in [-0.1, -0.05) is 0 Å². The summed E-state index contributed by atoms with van der Waals surface area (Å²) in [5.41, 5.74) is 0. The zero-order valence-corrected chi connectivity index (χ0v) is 4.77. The van der Waals surface area contributed by atoms with Gasteiger partial charge in [-0.3, -0.25) is 0 Å². The monoisotopic (exact) mass is 182 g/mol. The number of rotatable bonds is 0. The molecule has 0 bridgehead atoms. The van der Waals surface area contributed by atoms with E-state index in [4.69, 9.17) is 4.57 Å². The first kappa shape index (κ1) is 15.7. The number of hydrogen-bond acceptors (Lipinski definition) is 1. The molecule has 0 heterocycles. The van der Waals surface area contributed by atoms with E-state index in [9.17, 15) is 0 Å². The first-order valence-electron chi connectivity index (χ1n) is 0.341. The van der Waals surface area contributed by atoms with Gasteiger partial charge in [0.1, 0.15) is 0 Å². The Hall–Kier alpha value is 2.14. The van der Waals surface area contributed by atoms with Crippen LogP contribution in [-0.2, 0) is 37.2 Å². The third kappa shape index (κ3) is 23.0. The van der Waals surface area contributed by atoms with Crippen LogP contribution in [0.1, 0.15) is 0 Å². The summed E-state index contributed by atoms with van der Waals surface area (Å²) in [5, 5.41) is 0. The van der Waals surface area contributed by atoms with Gasteiger partial charge in [0.15, 0.2) is 0 Å². The van der Waals surface area contributed by atoms with Crippen LogP contribution in [0.3, 0.4) is 0 Å². The van der Waals surface area contributed by atoms with Crippen molar-refractivity contribution in [3.05, 3.63) is 0 Å². The summed E-state index contributed by atoms with van der Waals surface area (Å²) < 4.78 is 8.79. The minimum absolute atomic E-state index is 0. The van der Waals surface area contributed by atoms with E-state index in [0.717, 1.165) is 0 Å². The minimum atomic E-state index is -0.0833. The summed E-state index contributed by atoms with van der Waals surface area (Å²) in [7, 11) is -0.0833. The Bertz CT molecular complexity index is 19.1. The molecule has 0 unspecified atom stereocenters. The van der Waals surface area contributed by atoms with Crippen molar-refractivity contribution in [2.75, 3.05) is 0 Å². The molecular weight excluding hydrogens is 181 g/mol. The Kier molecular flexibility index (Phi) is 51.7. The average molecular weight is 182 g/mol. The third-order valence-electron chi connectivity index (χ3n) is 0. The molecule has 0 saturated carbocycles. The van der Waals surface area contributed by atoms with Gasteiger partial charge in [0.05, 0.1) is 0 Å². The molecule has 1 radical (unpaired) electrons. The standard InChI is InChI=1S/Fe.Mn.Na.OP.H/c;;;1-2;/q+1;;;-1;. The topological polar surface area (TPSA) is 17.1 Å². The molecule has 0 aliphatic rings. The predicted octanol–water partition coefficient (Wildman–Crippen LogP) is 0.0889. The summed E-state index contributed by atoms with van der Waals surface area (Å²) >= 11 is 2.90. The van der Waals surface area contributed by atoms with Crippen molar-refractivity contribution >= 4 is 36.7 Å². The van der Waals surface area contributed by atoms with Crippen LogP contribution in [0.5, 0.6) is 0 Å². The summed E-state index contributed by atoms with van der Waals surface area (Å²) in [6.45, 7) is 0. The molecule has 0 aliphatic carbocycles. The van der Waals surface area contributed by atoms with Gasteiger partial charge in [-0.05, 0) is 0 Å². The quantitative estimate of drug-likeness (QED) is 0.383. The molecule has 0 aromatic rings. The van der Waals surface area contributed by atoms with Gasteiger partial charge in [0, 0.05) is 17.1 Å². The van der Waals surface area contributed by atoms with Crippen molar-refractivity contribution in [1.29, 1.82) is 0 Å². The van der Waals surface area contributed by atoms with Crippen molar-refractivity contribution in [3.63, 3.8) is 0 Å². The van der Waals surface area contributed by atoms with Crippen LogP contribution >= 0.6 is 7.15 Å². The molecule has 0 aliphatic heterocycles. The molecule has 0 rings (SSSR count). The molecule has 5 heavy (non-hydrogen) atoms. The van der Waals surface area contributed by atoms with E-state index >= 15 is 0 Å². The van der Waals surface area contributed by atoms with Gasteiger partial charge >= 0.3 is 56.8 Å². The van der Waals surface area contributed by atoms with Gasteiger partial charge < -0.3 is 0 Å². The molecule has 1 nitrogen and oxygen atoms in total. The van der Waals surface area contributed by atoms with Gasteiger partial charge in [-0.25, -0.2) is 0 Å². The van der Waals surface area contributed by atoms with Crippen molar-refractivity contribution in [2.24, 2.45) is 0 Å². The fourth-order valence-corrected chi connectivity index (χ4v) is 0. The Morgan fingerprint density at radius 3 is 1.60 bits per heavy atom. The van der Waals surface area contributed by atoms with E-state index in [1.165, 1.54) is 0 Å². The van der Waals surface area contributed by atoms with Crippen LogP contribution in [0.15, 0.2) is 0 Å². The molecule has 0 fully saturated rings. The summed E-state index contributed by atoms with van der Waals surface area (Å²) in [4.78, 5) is 0. The van der Waals surface area contributed by atoms with Gasteiger partial charge in [0.2, 0.25) is 0 Å². The van der Waals surface area contributed by atoms with Crippen molar-refractivity contribution in [1.82, 2.24) is 0 Å². The second kappa shape index (κ2) is 16.5. The molecule has 28 valence electrons. The van der Waals surface area contributed by atoms with E-state index in [-0.39, 0.29) is 53.8 Å². The zero-order chi connectivity index (χ0) is 2.71. The van der Waals surface area contributed by atoms with Crippen LogP contribution in [-0.4, -0.2) is 29.6 Å². The summed E-state index contributed by atoms with van der Waals surface area (Å²) in [6, 6.07) is 0. The molecule has 0 amide bonds.